The van der Waals surface area contributed by atoms with E-state index in [2.05, 4.69) is 5.32 Å². The molecule has 4 heteroatoms. The summed E-state index contributed by atoms with van der Waals surface area (Å²) in [5.74, 6) is 1.26. The lowest BCUT2D eigenvalue weighted by atomic mass is 10.1. The van der Waals surface area contributed by atoms with Gasteiger partial charge in [-0.05, 0) is 37.6 Å². The number of carbonyl (C=O) groups is 1. The van der Waals surface area contributed by atoms with E-state index in [1.807, 2.05) is 43.1 Å². The Kier molecular flexibility index (Phi) is 4.80. The molecule has 0 spiro atoms. The van der Waals surface area contributed by atoms with E-state index in [4.69, 9.17) is 4.74 Å². The van der Waals surface area contributed by atoms with Crippen molar-refractivity contribution < 1.29 is 9.53 Å². The quantitative estimate of drug-likeness (QED) is 0.877. The van der Waals surface area contributed by atoms with Gasteiger partial charge in [-0.2, -0.15) is 0 Å². The van der Waals surface area contributed by atoms with Crippen LogP contribution in [0.25, 0.3) is 0 Å². The van der Waals surface area contributed by atoms with Gasteiger partial charge < -0.3 is 15.0 Å². The van der Waals surface area contributed by atoms with Crippen molar-refractivity contribution in [3.05, 3.63) is 29.8 Å². The summed E-state index contributed by atoms with van der Waals surface area (Å²) in [6, 6.07) is 7.94. The molecule has 1 amide bonds. The maximum absolute atomic E-state index is 12.2. The number of nitrogens with one attached hydrogen (secondary N) is 1. The first-order chi connectivity index (χ1) is 9.20. The Morgan fingerprint density at radius 2 is 2.16 bits per heavy atom. The van der Waals surface area contributed by atoms with E-state index in [-0.39, 0.29) is 11.8 Å². The molecule has 1 fully saturated rings. The molecule has 104 valence electrons. The highest BCUT2D eigenvalue weighted by Gasteiger charge is 2.25. The van der Waals surface area contributed by atoms with E-state index >= 15 is 0 Å². The van der Waals surface area contributed by atoms with Gasteiger partial charge in [0.25, 0.3) is 0 Å². The molecule has 0 radical (unpaired) electrons. The Labute approximate surface area is 114 Å². The normalized spacial score (nSPS) is 18.3. The monoisotopic (exact) mass is 262 g/mol. The fraction of sp³-hybridized carbons (Fsp3) is 0.533. The summed E-state index contributed by atoms with van der Waals surface area (Å²) in [6.07, 6.45) is 0.951. The van der Waals surface area contributed by atoms with Crippen molar-refractivity contribution in [2.24, 2.45) is 5.92 Å². The summed E-state index contributed by atoms with van der Waals surface area (Å²) in [7, 11) is 1.87. The Hall–Kier alpha value is -1.55. The van der Waals surface area contributed by atoms with Gasteiger partial charge in [-0.3, -0.25) is 4.79 Å². The maximum Gasteiger partial charge on any atom is 0.227 e. The van der Waals surface area contributed by atoms with Crippen LogP contribution in [-0.4, -0.2) is 37.6 Å². The second-order valence-electron chi connectivity index (χ2n) is 4.96. The first-order valence-electron chi connectivity index (χ1n) is 6.88. The molecule has 1 heterocycles. The molecule has 1 unspecified atom stereocenters. The highest BCUT2D eigenvalue weighted by Crippen LogP contribution is 2.16. The van der Waals surface area contributed by atoms with Crippen LogP contribution in [0.5, 0.6) is 5.75 Å². The number of rotatable bonds is 5. The van der Waals surface area contributed by atoms with Gasteiger partial charge in [0.2, 0.25) is 5.91 Å². The number of benzene rings is 1. The Morgan fingerprint density at radius 1 is 1.42 bits per heavy atom. The third kappa shape index (κ3) is 3.70. The van der Waals surface area contributed by atoms with E-state index in [1.54, 1.807) is 0 Å². The summed E-state index contributed by atoms with van der Waals surface area (Å²) < 4.78 is 5.41. The van der Waals surface area contributed by atoms with Crippen LogP contribution in [0.1, 0.15) is 18.9 Å². The number of nitrogens with zero attached hydrogens (tertiary/aromatic N) is 1. The molecule has 1 aromatic rings. The van der Waals surface area contributed by atoms with Crippen molar-refractivity contribution >= 4 is 5.91 Å². The van der Waals surface area contributed by atoms with Gasteiger partial charge in [0.15, 0.2) is 0 Å². The first kappa shape index (κ1) is 13.9. The van der Waals surface area contributed by atoms with Crippen molar-refractivity contribution in [1.82, 2.24) is 10.2 Å². The lowest BCUT2D eigenvalue weighted by Gasteiger charge is -2.20. The third-order valence-electron chi connectivity index (χ3n) is 3.44. The first-order valence-corrected chi connectivity index (χ1v) is 6.88. The molecular weight excluding hydrogens is 240 g/mol. The number of hydrogen-bond donors (Lipinski definition) is 1. The van der Waals surface area contributed by atoms with Crippen molar-refractivity contribution in [1.29, 1.82) is 0 Å². The topological polar surface area (TPSA) is 41.6 Å². The molecule has 4 nitrogen and oxygen atoms in total. The smallest absolute Gasteiger partial charge is 0.227 e. The van der Waals surface area contributed by atoms with Gasteiger partial charge in [-0.15, -0.1) is 0 Å². The van der Waals surface area contributed by atoms with Gasteiger partial charge in [0.1, 0.15) is 5.75 Å². The van der Waals surface area contributed by atoms with Crippen molar-refractivity contribution in [2.75, 3.05) is 26.7 Å². The molecule has 0 aliphatic carbocycles. The van der Waals surface area contributed by atoms with Gasteiger partial charge >= 0.3 is 0 Å². The van der Waals surface area contributed by atoms with Crippen LogP contribution in [0.15, 0.2) is 24.3 Å². The van der Waals surface area contributed by atoms with Crippen LogP contribution in [0.3, 0.4) is 0 Å². The zero-order valence-electron chi connectivity index (χ0n) is 11.7. The molecule has 1 aliphatic rings. The molecule has 2 rings (SSSR count). The standard InChI is InChI=1S/C15H22N2O2/c1-3-19-14-6-4-12(5-7-14)11-17(2)15(18)13-8-9-16-10-13/h4-7,13,16H,3,8-11H2,1-2H3. The average molecular weight is 262 g/mol. The molecular formula is C15H22N2O2. The average Bonchev–Trinajstić information content (AvgIpc) is 2.94. The zero-order valence-corrected chi connectivity index (χ0v) is 11.7. The summed E-state index contributed by atoms with van der Waals surface area (Å²) in [5, 5.41) is 3.23. The second-order valence-corrected chi connectivity index (χ2v) is 4.96. The van der Waals surface area contributed by atoms with Crippen LogP contribution >= 0.6 is 0 Å². The zero-order chi connectivity index (χ0) is 13.7. The number of hydrogen-bond acceptors (Lipinski definition) is 3. The van der Waals surface area contributed by atoms with E-state index in [0.717, 1.165) is 30.8 Å². The Morgan fingerprint density at radius 3 is 2.74 bits per heavy atom. The largest absolute Gasteiger partial charge is 0.494 e. The second kappa shape index (κ2) is 6.57. The van der Waals surface area contributed by atoms with Crippen LogP contribution in [0.4, 0.5) is 0 Å². The lowest BCUT2D eigenvalue weighted by Crippen LogP contribution is -2.33. The minimum atomic E-state index is 0.146. The Balaban J connectivity index is 1.90. The highest BCUT2D eigenvalue weighted by atomic mass is 16.5. The maximum atomic E-state index is 12.2. The predicted octanol–water partition coefficient (Wildman–Crippen LogP) is 1.65. The van der Waals surface area contributed by atoms with Gasteiger partial charge in [-0.1, -0.05) is 12.1 Å². The van der Waals surface area contributed by atoms with Gasteiger partial charge in [0.05, 0.1) is 12.5 Å². The molecule has 1 atom stereocenters. The highest BCUT2D eigenvalue weighted by molar-refractivity contribution is 5.79. The molecule has 0 saturated carbocycles. The molecule has 1 aromatic carbocycles. The molecule has 0 bridgehead atoms. The molecule has 1 N–H and O–H groups in total. The number of amides is 1. The van der Waals surface area contributed by atoms with E-state index < -0.39 is 0 Å². The van der Waals surface area contributed by atoms with Crippen LogP contribution in [0, 0.1) is 5.92 Å². The van der Waals surface area contributed by atoms with Crippen molar-refractivity contribution in [2.45, 2.75) is 19.9 Å². The SMILES string of the molecule is CCOc1ccc(CN(C)C(=O)C2CCNC2)cc1. The number of ether oxygens (including phenoxy) is 1. The fourth-order valence-electron chi connectivity index (χ4n) is 2.39. The number of carbonyl (C=O) groups excluding carboxylic acids is 1. The van der Waals surface area contributed by atoms with Gasteiger partial charge in [-0.25, -0.2) is 0 Å². The summed E-state index contributed by atoms with van der Waals surface area (Å²) in [5.41, 5.74) is 1.13. The molecule has 1 aliphatic heterocycles. The van der Waals surface area contributed by atoms with E-state index in [0.29, 0.717) is 13.2 Å². The fourth-order valence-corrected chi connectivity index (χ4v) is 2.39. The minimum Gasteiger partial charge on any atom is -0.494 e. The van der Waals surface area contributed by atoms with Gasteiger partial charge in [0, 0.05) is 20.1 Å². The van der Waals surface area contributed by atoms with Crippen LogP contribution in [0.2, 0.25) is 0 Å². The summed E-state index contributed by atoms with van der Waals surface area (Å²) in [4.78, 5) is 14.0. The summed E-state index contributed by atoms with van der Waals surface area (Å²) in [6.45, 7) is 5.06. The predicted molar refractivity (Wildman–Crippen MR) is 75.1 cm³/mol. The Bertz CT molecular complexity index is 411. The van der Waals surface area contributed by atoms with E-state index in [1.165, 1.54) is 0 Å². The molecule has 0 aromatic heterocycles. The van der Waals surface area contributed by atoms with Crippen LogP contribution < -0.4 is 10.1 Å². The summed E-state index contributed by atoms with van der Waals surface area (Å²) >= 11 is 0. The minimum absolute atomic E-state index is 0.146. The van der Waals surface area contributed by atoms with E-state index in [9.17, 15) is 4.79 Å². The lowest BCUT2D eigenvalue weighted by molar-refractivity contribution is -0.134. The third-order valence-corrected chi connectivity index (χ3v) is 3.44. The molecule has 19 heavy (non-hydrogen) atoms. The van der Waals surface area contributed by atoms with Crippen molar-refractivity contribution in [3.8, 4) is 5.75 Å². The molecule has 1 saturated heterocycles. The van der Waals surface area contributed by atoms with Crippen LogP contribution in [-0.2, 0) is 11.3 Å². The van der Waals surface area contributed by atoms with Crippen molar-refractivity contribution in [3.63, 3.8) is 0 Å².